The van der Waals surface area contributed by atoms with Gasteiger partial charge in [-0.15, -0.1) is 0 Å². The third-order valence-electron chi connectivity index (χ3n) is 7.05. The number of rotatable bonds is 8. The Morgan fingerprint density at radius 2 is 1.93 bits per heavy atom. The lowest BCUT2D eigenvalue weighted by molar-refractivity contribution is -0.114. The SMILES string of the molecule is CN(C)C/C=C/C(=O)N1CCOc2cc(C(=O)Nc3cccc(Nc4ncc(Cl)c(-c5c[nH]c6ccccc56)n4)c3)ccc21. The number of anilines is 4. The van der Waals surface area contributed by atoms with Gasteiger partial charge in [0.2, 0.25) is 5.95 Å². The number of benzene rings is 3. The summed E-state index contributed by atoms with van der Waals surface area (Å²) in [4.78, 5) is 41.9. The molecule has 2 aromatic heterocycles. The van der Waals surface area contributed by atoms with E-state index in [4.69, 9.17) is 16.3 Å². The summed E-state index contributed by atoms with van der Waals surface area (Å²) in [6.07, 6.45) is 6.83. The van der Waals surface area contributed by atoms with Gasteiger partial charge in [-0.3, -0.25) is 9.59 Å². The molecule has 0 atom stereocenters. The number of para-hydroxylation sites is 1. The molecule has 0 bridgehead atoms. The first-order valence-electron chi connectivity index (χ1n) is 14.0. The van der Waals surface area contributed by atoms with Gasteiger partial charge in [0.25, 0.3) is 11.8 Å². The Kier molecular flexibility index (Phi) is 8.27. The highest BCUT2D eigenvalue weighted by molar-refractivity contribution is 6.33. The van der Waals surface area contributed by atoms with Crippen LogP contribution in [-0.2, 0) is 4.79 Å². The first kappa shape index (κ1) is 28.9. The molecule has 0 fully saturated rings. The molecule has 6 rings (SSSR count). The van der Waals surface area contributed by atoms with Crippen LogP contribution in [0.15, 0.2) is 91.3 Å². The zero-order chi connectivity index (χ0) is 30.6. The highest BCUT2D eigenvalue weighted by atomic mass is 35.5. The molecule has 1 aliphatic rings. The average Bonchev–Trinajstić information content (AvgIpc) is 3.45. The van der Waals surface area contributed by atoms with Crippen LogP contribution in [0, 0.1) is 0 Å². The van der Waals surface area contributed by atoms with Gasteiger partial charge in [-0.05, 0) is 56.6 Å². The second-order valence-electron chi connectivity index (χ2n) is 10.5. The van der Waals surface area contributed by atoms with Crippen LogP contribution in [-0.4, -0.2) is 65.5 Å². The predicted octanol–water partition coefficient (Wildman–Crippen LogP) is 6.12. The van der Waals surface area contributed by atoms with Gasteiger partial charge < -0.3 is 30.2 Å². The molecular weight excluding hydrogens is 578 g/mol. The van der Waals surface area contributed by atoms with Gasteiger partial charge in [0.15, 0.2) is 0 Å². The largest absolute Gasteiger partial charge is 0.490 e. The lowest BCUT2D eigenvalue weighted by Crippen LogP contribution is -2.37. The number of fused-ring (bicyclic) bond motifs is 2. The minimum Gasteiger partial charge on any atom is -0.490 e. The van der Waals surface area contributed by atoms with Crippen LogP contribution < -0.4 is 20.3 Å². The fourth-order valence-electron chi connectivity index (χ4n) is 4.94. The van der Waals surface area contributed by atoms with E-state index < -0.39 is 0 Å². The number of nitrogens with zero attached hydrogens (tertiary/aromatic N) is 4. The summed E-state index contributed by atoms with van der Waals surface area (Å²) in [5.41, 5.74) is 4.76. The molecule has 44 heavy (non-hydrogen) atoms. The van der Waals surface area contributed by atoms with Crippen molar-refractivity contribution in [3.63, 3.8) is 0 Å². The van der Waals surface area contributed by atoms with Crippen molar-refractivity contribution in [3.8, 4) is 17.0 Å². The molecule has 0 spiro atoms. The van der Waals surface area contributed by atoms with E-state index in [1.807, 2.05) is 67.7 Å². The Labute approximate surface area is 259 Å². The molecule has 3 aromatic carbocycles. The summed E-state index contributed by atoms with van der Waals surface area (Å²) in [7, 11) is 3.88. The van der Waals surface area contributed by atoms with E-state index in [0.29, 0.717) is 64.7 Å². The maximum atomic E-state index is 13.2. The fraction of sp³-hybridized carbons (Fsp3) is 0.152. The van der Waals surface area contributed by atoms with Crippen molar-refractivity contribution in [2.75, 3.05) is 49.3 Å². The topological polar surface area (TPSA) is 115 Å². The van der Waals surface area contributed by atoms with Crippen molar-refractivity contribution in [3.05, 3.63) is 102 Å². The first-order chi connectivity index (χ1) is 21.4. The van der Waals surface area contributed by atoms with E-state index >= 15 is 0 Å². The van der Waals surface area contributed by atoms with Crippen LogP contribution in [0.1, 0.15) is 10.4 Å². The van der Waals surface area contributed by atoms with Crippen molar-refractivity contribution in [2.24, 2.45) is 0 Å². The van der Waals surface area contributed by atoms with Crippen LogP contribution in [0.4, 0.5) is 23.0 Å². The molecule has 222 valence electrons. The molecule has 0 aliphatic carbocycles. The summed E-state index contributed by atoms with van der Waals surface area (Å²) in [6.45, 7) is 1.44. The molecular formula is C33H30ClN7O3. The Balaban J connectivity index is 1.16. The van der Waals surface area contributed by atoms with Crippen LogP contribution in [0.25, 0.3) is 22.2 Å². The normalized spacial score (nSPS) is 12.8. The standard InChI is InChI=1S/C33H30ClN7O3/c1-40(2)14-6-11-30(42)41-15-16-44-29-17-21(12-13-28(29)41)32(43)37-22-7-5-8-23(18-22)38-33-36-20-26(34)31(39-33)25-19-35-27-10-4-3-9-24(25)27/h3-13,17-20,35H,14-16H2,1-2H3,(H,37,43)(H,36,38,39)/b11-6+. The molecule has 10 nitrogen and oxygen atoms in total. The zero-order valence-corrected chi connectivity index (χ0v) is 24.9. The van der Waals surface area contributed by atoms with E-state index in [9.17, 15) is 9.59 Å². The van der Waals surface area contributed by atoms with Crippen LogP contribution >= 0.6 is 11.6 Å². The number of amides is 2. The highest BCUT2D eigenvalue weighted by Gasteiger charge is 2.23. The summed E-state index contributed by atoms with van der Waals surface area (Å²) in [6, 6.07) is 20.3. The number of aromatic nitrogens is 3. The number of halogens is 1. The lowest BCUT2D eigenvalue weighted by atomic mass is 10.1. The number of carbonyl (C=O) groups excluding carboxylic acids is 2. The first-order valence-corrected chi connectivity index (χ1v) is 14.4. The molecule has 0 unspecified atom stereocenters. The molecule has 3 N–H and O–H groups in total. The fourth-order valence-corrected chi connectivity index (χ4v) is 5.13. The Hall–Kier alpha value is -5.19. The number of hydrogen-bond donors (Lipinski definition) is 3. The maximum Gasteiger partial charge on any atom is 0.255 e. The van der Waals surface area contributed by atoms with E-state index in [2.05, 4.69) is 25.6 Å². The Morgan fingerprint density at radius 3 is 2.80 bits per heavy atom. The van der Waals surface area contributed by atoms with E-state index in [1.54, 1.807) is 47.5 Å². The third kappa shape index (κ3) is 6.26. The molecule has 0 saturated carbocycles. The minimum absolute atomic E-state index is 0.129. The second kappa shape index (κ2) is 12.6. The Morgan fingerprint density at radius 1 is 1.09 bits per heavy atom. The van der Waals surface area contributed by atoms with Crippen molar-refractivity contribution >= 4 is 57.3 Å². The Bertz CT molecular complexity index is 1880. The lowest BCUT2D eigenvalue weighted by Gasteiger charge is -2.29. The summed E-state index contributed by atoms with van der Waals surface area (Å²) >= 11 is 6.48. The van der Waals surface area contributed by atoms with Crippen molar-refractivity contribution in [1.82, 2.24) is 19.9 Å². The molecule has 1 aliphatic heterocycles. The van der Waals surface area contributed by atoms with Gasteiger partial charge in [0, 0.05) is 52.2 Å². The van der Waals surface area contributed by atoms with Crippen LogP contribution in [0.5, 0.6) is 5.75 Å². The number of likely N-dealkylation sites (N-methyl/N-ethyl adjacent to an activating group) is 1. The van der Waals surface area contributed by atoms with Gasteiger partial charge in [0.05, 0.1) is 29.1 Å². The molecule has 0 saturated heterocycles. The summed E-state index contributed by atoms with van der Waals surface area (Å²) in [5.74, 6) is 0.406. The van der Waals surface area contributed by atoms with E-state index in [-0.39, 0.29) is 11.8 Å². The van der Waals surface area contributed by atoms with Crippen LogP contribution in [0.3, 0.4) is 0 Å². The molecule has 3 heterocycles. The molecule has 11 heteroatoms. The third-order valence-corrected chi connectivity index (χ3v) is 7.32. The van der Waals surface area contributed by atoms with Gasteiger partial charge in [0.1, 0.15) is 12.4 Å². The quantitative estimate of drug-likeness (QED) is 0.182. The number of aromatic amines is 1. The van der Waals surface area contributed by atoms with Crippen LogP contribution in [0.2, 0.25) is 5.02 Å². The van der Waals surface area contributed by atoms with Gasteiger partial charge in [-0.25, -0.2) is 9.97 Å². The van der Waals surface area contributed by atoms with Gasteiger partial charge in [-0.1, -0.05) is 41.9 Å². The number of carbonyl (C=O) groups is 2. The smallest absolute Gasteiger partial charge is 0.255 e. The summed E-state index contributed by atoms with van der Waals surface area (Å²) in [5, 5.41) is 7.57. The second-order valence-corrected chi connectivity index (χ2v) is 10.9. The van der Waals surface area contributed by atoms with E-state index in [0.717, 1.165) is 16.5 Å². The molecule has 0 radical (unpaired) electrons. The zero-order valence-electron chi connectivity index (χ0n) is 24.2. The molecule has 5 aromatic rings. The number of ether oxygens (including phenoxy) is 1. The predicted molar refractivity (Wildman–Crippen MR) is 174 cm³/mol. The highest BCUT2D eigenvalue weighted by Crippen LogP contribution is 2.34. The number of H-pyrrole nitrogens is 1. The monoisotopic (exact) mass is 607 g/mol. The molecule has 2 amide bonds. The van der Waals surface area contributed by atoms with Crippen molar-refractivity contribution in [1.29, 1.82) is 0 Å². The maximum absolute atomic E-state index is 13.2. The minimum atomic E-state index is -0.313. The van der Waals surface area contributed by atoms with Crippen molar-refractivity contribution < 1.29 is 14.3 Å². The van der Waals surface area contributed by atoms with Gasteiger partial charge in [-0.2, -0.15) is 0 Å². The number of nitrogens with one attached hydrogen (secondary N) is 3. The van der Waals surface area contributed by atoms with Gasteiger partial charge >= 0.3 is 0 Å². The van der Waals surface area contributed by atoms with E-state index in [1.165, 1.54) is 0 Å². The number of hydrogen-bond acceptors (Lipinski definition) is 7. The van der Waals surface area contributed by atoms with Crippen molar-refractivity contribution in [2.45, 2.75) is 0 Å². The summed E-state index contributed by atoms with van der Waals surface area (Å²) < 4.78 is 5.80. The average molecular weight is 608 g/mol.